The largest absolute Gasteiger partial charge is 0.310 e. The summed E-state index contributed by atoms with van der Waals surface area (Å²) >= 11 is 0. The van der Waals surface area contributed by atoms with Crippen LogP contribution >= 0.6 is 0 Å². The molecule has 100 valence electrons. The van der Waals surface area contributed by atoms with Gasteiger partial charge in [-0.25, -0.2) is 4.39 Å². The van der Waals surface area contributed by atoms with Crippen molar-refractivity contribution < 1.29 is 4.39 Å². The van der Waals surface area contributed by atoms with Gasteiger partial charge >= 0.3 is 0 Å². The molecule has 1 heterocycles. The number of benzene rings is 1. The fraction of sp³-hybridized carbons (Fsp3) is 0.312. The lowest BCUT2D eigenvalue weighted by atomic mass is 9.96. The fourth-order valence-electron chi connectivity index (χ4n) is 2.27. The average Bonchev–Trinajstić information content (AvgIpc) is 2.41. The standard InChI is InChI=1S/C16H19FN2/c1-3-19-16(14-8-9-18-11-15(14)17)10-13-7-5-4-6-12(13)2/h4-9,11,16,19H,3,10H2,1-2H3. The molecule has 19 heavy (non-hydrogen) atoms. The van der Waals surface area contributed by atoms with E-state index < -0.39 is 0 Å². The summed E-state index contributed by atoms with van der Waals surface area (Å²) in [7, 11) is 0. The molecule has 0 amide bonds. The number of aromatic nitrogens is 1. The molecule has 0 spiro atoms. The Morgan fingerprint density at radius 2 is 2.05 bits per heavy atom. The van der Waals surface area contributed by atoms with Gasteiger partial charge in [-0.15, -0.1) is 0 Å². The minimum atomic E-state index is -0.248. The van der Waals surface area contributed by atoms with E-state index in [1.54, 1.807) is 12.3 Å². The van der Waals surface area contributed by atoms with E-state index in [0.29, 0.717) is 5.56 Å². The maximum absolute atomic E-state index is 13.9. The van der Waals surface area contributed by atoms with Gasteiger partial charge in [0.15, 0.2) is 0 Å². The lowest BCUT2D eigenvalue weighted by Crippen LogP contribution is -2.24. The highest BCUT2D eigenvalue weighted by atomic mass is 19.1. The van der Waals surface area contributed by atoms with Crippen molar-refractivity contribution in [3.63, 3.8) is 0 Å². The van der Waals surface area contributed by atoms with Crippen LogP contribution in [0.1, 0.15) is 29.7 Å². The molecule has 0 saturated carbocycles. The van der Waals surface area contributed by atoms with E-state index in [0.717, 1.165) is 13.0 Å². The van der Waals surface area contributed by atoms with Gasteiger partial charge in [0.05, 0.1) is 6.20 Å². The van der Waals surface area contributed by atoms with Crippen LogP contribution < -0.4 is 5.32 Å². The van der Waals surface area contributed by atoms with E-state index in [-0.39, 0.29) is 11.9 Å². The predicted octanol–water partition coefficient (Wildman–Crippen LogP) is 3.42. The normalized spacial score (nSPS) is 12.4. The summed E-state index contributed by atoms with van der Waals surface area (Å²) < 4.78 is 13.9. The topological polar surface area (TPSA) is 24.9 Å². The molecule has 0 saturated heterocycles. The summed E-state index contributed by atoms with van der Waals surface area (Å²) in [6, 6.07) is 9.96. The monoisotopic (exact) mass is 258 g/mol. The molecule has 1 N–H and O–H groups in total. The first-order chi connectivity index (χ1) is 9.22. The Balaban J connectivity index is 2.27. The summed E-state index contributed by atoms with van der Waals surface area (Å²) in [5.41, 5.74) is 3.16. The molecule has 3 heteroatoms. The molecule has 2 aromatic rings. The van der Waals surface area contributed by atoms with E-state index in [1.165, 1.54) is 17.3 Å². The van der Waals surface area contributed by atoms with Gasteiger partial charge in [0.1, 0.15) is 5.82 Å². The highest BCUT2D eigenvalue weighted by Gasteiger charge is 2.16. The zero-order chi connectivity index (χ0) is 13.7. The maximum Gasteiger partial charge on any atom is 0.146 e. The van der Waals surface area contributed by atoms with Gasteiger partial charge in [0, 0.05) is 17.8 Å². The zero-order valence-corrected chi connectivity index (χ0v) is 11.4. The van der Waals surface area contributed by atoms with E-state index in [9.17, 15) is 4.39 Å². The smallest absolute Gasteiger partial charge is 0.146 e. The van der Waals surface area contributed by atoms with Crippen molar-refractivity contribution in [1.82, 2.24) is 10.3 Å². The average molecular weight is 258 g/mol. The number of nitrogens with one attached hydrogen (secondary N) is 1. The van der Waals surface area contributed by atoms with Gasteiger partial charge in [-0.1, -0.05) is 31.2 Å². The first-order valence-corrected chi connectivity index (χ1v) is 6.59. The Labute approximate surface area is 113 Å². The van der Waals surface area contributed by atoms with Crippen LogP contribution in [0.25, 0.3) is 0 Å². The Morgan fingerprint density at radius 3 is 2.74 bits per heavy atom. The summed E-state index contributed by atoms with van der Waals surface area (Å²) in [6.45, 7) is 4.92. The van der Waals surface area contributed by atoms with E-state index in [4.69, 9.17) is 0 Å². The lowest BCUT2D eigenvalue weighted by Gasteiger charge is -2.20. The second-order valence-electron chi connectivity index (χ2n) is 4.64. The van der Waals surface area contributed by atoms with Gasteiger partial charge in [0.2, 0.25) is 0 Å². The minimum absolute atomic E-state index is 0.0194. The first kappa shape index (κ1) is 13.7. The quantitative estimate of drug-likeness (QED) is 0.888. The number of likely N-dealkylation sites (N-methyl/N-ethyl adjacent to an activating group) is 1. The summed E-state index contributed by atoms with van der Waals surface area (Å²) in [6.07, 6.45) is 3.69. The van der Waals surface area contributed by atoms with Crippen LogP contribution in [0.4, 0.5) is 4.39 Å². The summed E-state index contributed by atoms with van der Waals surface area (Å²) in [5, 5.41) is 3.35. The third-order valence-corrected chi connectivity index (χ3v) is 3.32. The van der Waals surface area contributed by atoms with Crippen LogP contribution in [0.5, 0.6) is 0 Å². The number of rotatable bonds is 5. The van der Waals surface area contributed by atoms with Gasteiger partial charge in [0.25, 0.3) is 0 Å². The molecule has 1 aromatic heterocycles. The van der Waals surface area contributed by atoms with Crippen LogP contribution in [0, 0.1) is 12.7 Å². The number of hydrogen-bond acceptors (Lipinski definition) is 2. The van der Waals surface area contributed by atoms with Crippen LogP contribution in [-0.2, 0) is 6.42 Å². The number of pyridine rings is 1. The van der Waals surface area contributed by atoms with Crippen molar-refractivity contribution in [2.45, 2.75) is 26.3 Å². The molecule has 1 unspecified atom stereocenters. The third-order valence-electron chi connectivity index (χ3n) is 3.32. The Bertz CT molecular complexity index is 540. The van der Waals surface area contributed by atoms with Crippen molar-refractivity contribution in [2.75, 3.05) is 6.54 Å². The summed E-state index contributed by atoms with van der Waals surface area (Å²) in [5.74, 6) is -0.248. The number of hydrogen-bond donors (Lipinski definition) is 1. The van der Waals surface area contributed by atoms with Gasteiger partial charge in [-0.05, 0) is 37.1 Å². The molecule has 0 aliphatic rings. The van der Waals surface area contributed by atoms with Crippen LogP contribution in [0.3, 0.4) is 0 Å². The Kier molecular flexibility index (Phi) is 4.63. The molecule has 0 fully saturated rings. The van der Waals surface area contributed by atoms with Crippen molar-refractivity contribution in [3.8, 4) is 0 Å². The Morgan fingerprint density at radius 1 is 1.26 bits per heavy atom. The zero-order valence-electron chi connectivity index (χ0n) is 11.4. The molecule has 2 nitrogen and oxygen atoms in total. The van der Waals surface area contributed by atoms with Crippen LogP contribution in [-0.4, -0.2) is 11.5 Å². The lowest BCUT2D eigenvalue weighted by molar-refractivity contribution is 0.507. The number of halogens is 1. The van der Waals surface area contributed by atoms with Crippen molar-refractivity contribution in [3.05, 3.63) is 65.2 Å². The molecule has 1 atom stereocenters. The highest BCUT2D eigenvalue weighted by molar-refractivity contribution is 5.29. The molecular weight excluding hydrogens is 239 g/mol. The van der Waals surface area contributed by atoms with E-state index >= 15 is 0 Å². The molecular formula is C16H19FN2. The predicted molar refractivity (Wildman–Crippen MR) is 75.5 cm³/mol. The van der Waals surface area contributed by atoms with Crippen molar-refractivity contribution in [2.24, 2.45) is 0 Å². The number of aryl methyl sites for hydroxylation is 1. The van der Waals surface area contributed by atoms with E-state index in [1.807, 2.05) is 19.1 Å². The van der Waals surface area contributed by atoms with Crippen molar-refractivity contribution >= 4 is 0 Å². The van der Waals surface area contributed by atoms with Gasteiger partial charge in [-0.3, -0.25) is 4.98 Å². The highest BCUT2D eigenvalue weighted by Crippen LogP contribution is 2.22. The van der Waals surface area contributed by atoms with E-state index in [2.05, 4.69) is 29.4 Å². The molecule has 1 aromatic carbocycles. The molecule has 2 rings (SSSR count). The van der Waals surface area contributed by atoms with Gasteiger partial charge < -0.3 is 5.32 Å². The molecule has 0 radical (unpaired) electrons. The minimum Gasteiger partial charge on any atom is -0.310 e. The SMILES string of the molecule is CCNC(Cc1ccccc1C)c1ccncc1F. The second-order valence-corrected chi connectivity index (χ2v) is 4.64. The fourth-order valence-corrected chi connectivity index (χ4v) is 2.27. The molecule has 0 aliphatic carbocycles. The van der Waals surface area contributed by atoms with Crippen LogP contribution in [0.15, 0.2) is 42.7 Å². The second kappa shape index (κ2) is 6.43. The maximum atomic E-state index is 13.9. The van der Waals surface area contributed by atoms with Crippen LogP contribution in [0.2, 0.25) is 0 Å². The van der Waals surface area contributed by atoms with Crippen molar-refractivity contribution in [1.29, 1.82) is 0 Å². The number of nitrogens with zero attached hydrogens (tertiary/aromatic N) is 1. The summed E-state index contributed by atoms with van der Waals surface area (Å²) in [4.78, 5) is 3.81. The third kappa shape index (κ3) is 3.38. The molecule has 0 aliphatic heterocycles. The first-order valence-electron chi connectivity index (χ1n) is 6.59. The van der Waals surface area contributed by atoms with Gasteiger partial charge in [-0.2, -0.15) is 0 Å². The Hall–Kier alpha value is -1.74. The molecule has 0 bridgehead atoms.